The molecule has 1 aromatic rings. The number of rotatable bonds is 4. The maximum absolute atomic E-state index is 12.2. The zero-order valence-corrected chi connectivity index (χ0v) is 11.4. The molecule has 0 aliphatic heterocycles. The number of benzene rings is 1. The van der Waals surface area contributed by atoms with Gasteiger partial charge in [-0.3, -0.25) is 0 Å². The molecule has 16 heavy (non-hydrogen) atoms. The number of hydrogen-bond acceptors (Lipinski definition) is 2. The van der Waals surface area contributed by atoms with Gasteiger partial charge in [-0.1, -0.05) is 40.5 Å². The van der Waals surface area contributed by atoms with Gasteiger partial charge in [0.1, 0.15) is 0 Å². The van der Waals surface area contributed by atoms with E-state index in [2.05, 4.69) is 15.9 Å². The minimum absolute atomic E-state index is 0.0192. The van der Waals surface area contributed by atoms with Crippen molar-refractivity contribution in [1.82, 2.24) is 0 Å². The quantitative estimate of drug-likeness (QED) is 0.801. The van der Waals surface area contributed by atoms with E-state index < -0.39 is 9.84 Å². The largest absolute Gasteiger partial charge is 0.224 e. The first-order valence-electron chi connectivity index (χ1n) is 5.42. The van der Waals surface area contributed by atoms with Crippen molar-refractivity contribution in [3.8, 4) is 0 Å². The number of halogens is 1. The lowest BCUT2D eigenvalue weighted by atomic mass is 9.72. The summed E-state index contributed by atoms with van der Waals surface area (Å²) in [5, 5.41) is 0.784. The van der Waals surface area contributed by atoms with E-state index in [0.29, 0.717) is 4.90 Å². The van der Waals surface area contributed by atoms with Gasteiger partial charge in [-0.25, -0.2) is 8.42 Å². The van der Waals surface area contributed by atoms with Crippen LogP contribution in [-0.4, -0.2) is 19.5 Å². The lowest BCUT2D eigenvalue weighted by Gasteiger charge is -2.40. The zero-order chi connectivity index (χ0) is 11.6. The Hall–Kier alpha value is -0.350. The fourth-order valence-corrected chi connectivity index (χ4v) is 5.06. The molecule has 88 valence electrons. The fraction of sp³-hybridized carbons (Fsp3) is 0.500. The standard InChI is InChI=1S/C12H15BrO2S/c13-9-12(7-4-8-12)10-16(14,15)11-5-2-1-3-6-11/h1-3,5-6H,4,7-10H2. The van der Waals surface area contributed by atoms with Crippen LogP contribution in [0, 0.1) is 5.41 Å². The van der Waals surface area contributed by atoms with Crippen LogP contribution >= 0.6 is 15.9 Å². The third-order valence-electron chi connectivity index (χ3n) is 3.30. The molecule has 2 rings (SSSR count). The Morgan fingerprint density at radius 1 is 1.19 bits per heavy atom. The molecule has 1 aliphatic rings. The van der Waals surface area contributed by atoms with Crippen molar-refractivity contribution in [2.24, 2.45) is 5.41 Å². The van der Waals surface area contributed by atoms with Gasteiger partial charge in [0.05, 0.1) is 10.6 Å². The average molecular weight is 303 g/mol. The minimum atomic E-state index is -3.12. The van der Waals surface area contributed by atoms with Gasteiger partial charge in [-0.2, -0.15) is 0 Å². The molecule has 1 saturated carbocycles. The first-order chi connectivity index (χ1) is 7.58. The smallest absolute Gasteiger partial charge is 0.178 e. The Kier molecular flexibility index (Phi) is 3.40. The maximum atomic E-state index is 12.2. The highest BCUT2D eigenvalue weighted by molar-refractivity contribution is 9.09. The van der Waals surface area contributed by atoms with Crippen molar-refractivity contribution in [3.05, 3.63) is 30.3 Å². The highest BCUT2D eigenvalue weighted by atomic mass is 79.9. The fourth-order valence-electron chi connectivity index (χ4n) is 2.11. The molecule has 0 radical (unpaired) electrons. The van der Waals surface area contributed by atoms with Gasteiger partial charge in [0.15, 0.2) is 9.84 Å². The Labute approximate surface area is 105 Å². The van der Waals surface area contributed by atoms with Gasteiger partial charge in [0.25, 0.3) is 0 Å². The van der Waals surface area contributed by atoms with Crippen LogP contribution in [0.5, 0.6) is 0 Å². The second kappa shape index (κ2) is 4.49. The molecule has 0 spiro atoms. The van der Waals surface area contributed by atoms with Crippen molar-refractivity contribution in [2.45, 2.75) is 24.2 Å². The summed E-state index contributed by atoms with van der Waals surface area (Å²) in [6.07, 6.45) is 3.19. The van der Waals surface area contributed by atoms with Crippen LogP contribution in [-0.2, 0) is 9.84 Å². The van der Waals surface area contributed by atoms with E-state index in [1.807, 2.05) is 6.07 Å². The molecule has 1 fully saturated rings. The minimum Gasteiger partial charge on any atom is -0.224 e. The summed E-state index contributed by atoms with van der Waals surface area (Å²) < 4.78 is 24.4. The first kappa shape index (κ1) is 12.1. The molecule has 0 heterocycles. The van der Waals surface area contributed by atoms with E-state index in [1.165, 1.54) is 0 Å². The van der Waals surface area contributed by atoms with Crippen LogP contribution < -0.4 is 0 Å². The molecule has 0 N–H and O–H groups in total. The molecular formula is C12H15BrO2S. The van der Waals surface area contributed by atoms with Gasteiger partial charge in [0, 0.05) is 5.33 Å². The molecule has 1 aliphatic carbocycles. The van der Waals surface area contributed by atoms with Gasteiger partial charge in [-0.05, 0) is 30.4 Å². The van der Waals surface area contributed by atoms with E-state index in [-0.39, 0.29) is 11.2 Å². The number of sulfone groups is 1. The number of alkyl halides is 1. The third-order valence-corrected chi connectivity index (χ3v) is 6.47. The summed E-state index contributed by atoms with van der Waals surface area (Å²) in [4.78, 5) is 0.447. The lowest BCUT2D eigenvalue weighted by Crippen LogP contribution is -2.38. The Morgan fingerprint density at radius 2 is 1.81 bits per heavy atom. The third kappa shape index (κ3) is 2.33. The van der Waals surface area contributed by atoms with Crippen LogP contribution in [0.2, 0.25) is 0 Å². The summed E-state index contributed by atoms with van der Waals surface area (Å²) >= 11 is 3.44. The highest BCUT2D eigenvalue weighted by Crippen LogP contribution is 2.44. The van der Waals surface area contributed by atoms with Crippen molar-refractivity contribution in [2.75, 3.05) is 11.1 Å². The monoisotopic (exact) mass is 302 g/mol. The van der Waals surface area contributed by atoms with Crippen LogP contribution in [0.4, 0.5) is 0 Å². The van der Waals surface area contributed by atoms with Gasteiger partial charge < -0.3 is 0 Å². The summed E-state index contributed by atoms with van der Waals surface area (Å²) in [6, 6.07) is 8.73. The van der Waals surface area contributed by atoms with Crippen molar-refractivity contribution in [1.29, 1.82) is 0 Å². The number of hydrogen-bond donors (Lipinski definition) is 0. The molecule has 0 saturated heterocycles. The Balaban J connectivity index is 2.21. The van der Waals surface area contributed by atoms with Crippen LogP contribution in [0.15, 0.2) is 35.2 Å². The van der Waals surface area contributed by atoms with Crippen molar-refractivity contribution >= 4 is 25.8 Å². The second-order valence-electron chi connectivity index (χ2n) is 4.56. The van der Waals surface area contributed by atoms with Crippen LogP contribution in [0.1, 0.15) is 19.3 Å². The van der Waals surface area contributed by atoms with E-state index in [1.54, 1.807) is 24.3 Å². The molecule has 1 aromatic carbocycles. The molecule has 2 nitrogen and oxygen atoms in total. The van der Waals surface area contributed by atoms with Crippen LogP contribution in [0.25, 0.3) is 0 Å². The van der Waals surface area contributed by atoms with Crippen molar-refractivity contribution < 1.29 is 8.42 Å². The Morgan fingerprint density at radius 3 is 2.25 bits per heavy atom. The molecule has 0 atom stereocenters. The maximum Gasteiger partial charge on any atom is 0.178 e. The van der Waals surface area contributed by atoms with Gasteiger partial charge >= 0.3 is 0 Å². The van der Waals surface area contributed by atoms with E-state index in [0.717, 1.165) is 24.6 Å². The highest BCUT2D eigenvalue weighted by Gasteiger charge is 2.40. The Bertz CT molecular complexity index is 444. The van der Waals surface area contributed by atoms with Gasteiger partial charge in [-0.15, -0.1) is 0 Å². The average Bonchev–Trinajstić information content (AvgIpc) is 2.25. The normalized spacial score (nSPS) is 19.1. The SMILES string of the molecule is O=S(=O)(CC1(CBr)CCC1)c1ccccc1. The molecular weight excluding hydrogens is 288 g/mol. The summed E-state index contributed by atoms with van der Waals surface area (Å²) in [7, 11) is -3.12. The summed E-state index contributed by atoms with van der Waals surface area (Å²) in [5.41, 5.74) is -0.0192. The molecule has 4 heteroatoms. The topological polar surface area (TPSA) is 34.1 Å². The van der Waals surface area contributed by atoms with E-state index >= 15 is 0 Å². The van der Waals surface area contributed by atoms with Gasteiger partial charge in [0.2, 0.25) is 0 Å². The summed E-state index contributed by atoms with van der Waals surface area (Å²) in [6.45, 7) is 0. The predicted molar refractivity (Wildman–Crippen MR) is 68.6 cm³/mol. The lowest BCUT2D eigenvalue weighted by molar-refractivity contribution is 0.203. The molecule has 0 aromatic heterocycles. The second-order valence-corrected chi connectivity index (χ2v) is 7.11. The van der Waals surface area contributed by atoms with E-state index in [9.17, 15) is 8.42 Å². The first-order valence-corrected chi connectivity index (χ1v) is 8.19. The molecule has 0 amide bonds. The zero-order valence-electron chi connectivity index (χ0n) is 9.02. The van der Waals surface area contributed by atoms with Crippen LogP contribution in [0.3, 0.4) is 0 Å². The molecule has 0 bridgehead atoms. The van der Waals surface area contributed by atoms with Crippen molar-refractivity contribution in [3.63, 3.8) is 0 Å². The van der Waals surface area contributed by atoms with E-state index in [4.69, 9.17) is 0 Å². The molecule has 0 unspecified atom stereocenters. The summed E-state index contributed by atoms with van der Waals surface area (Å²) in [5.74, 6) is 0.273. The predicted octanol–water partition coefficient (Wildman–Crippen LogP) is 3.03.